The molecule has 0 saturated carbocycles. The number of nitrogens with two attached hydrogens (primary N) is 1. The maximum atomic E-state index is 6.15. The number of hydrogen-bond donors (Lipinski definition) is 1. The lowest BCUT2D eigenvalue weighted by Crippen LogP contribution is -2.39. The fourth-order valence-electron chi connectivity index (χ4n) is 2.17. The molecule has 2 nitrogen and oxygen atoms in total. The van der Waals surface area contributed by atoms with Gasteiger partial charge in [-0.25, -0.2) is 5.01 Å². The highest BCUT2D eigenvalue weighted by molar-refractivity contribution is 6.33. The molecule has 1 aliphatic heterocycles. The third-order valence-corrected chi connectivity index (χ3v) is 3.77. The van der Waals surface area contributed by atoms with E-state index >= 15 is 0 Å². The van der Waals surface area contributed by atoms with E-state index < -0.39 is 0 Å². The van der Waals surface area contributed by atoms with Gasteiger partial charge in [-0.1, -0.05) is 23.2 Å². The molecule has 2 rings (SSSR count). The molecule has 16 heavy (non-hydrogen) atoms. The molecule has 0 aromatic heterocycles. The summed E-state index contributed by atoms with van der Waals surface area (Å²) in [5, 5.41) is 3.46. The maximum Gasteiger partial charge on any atom is 0.0439 e. The van der Waals surface area contributed by atoms with Crippen LogP contribution in [-0.2, 0) is 6.42 Å². The Hall–Kier alpha value is -0.280. The van der Waals surface area contributed by atoms with E-state index in [4.69, 9.17) is 29.0 Å². The van der Waals surface area contributed by atoms with Gasteiger partial charge in [-0.15, -0.1) is 0 Å². The molecular formula is C12H16Cl2N2. The van der Waals surface area contributed by atoms with Gasteiger partial charge in [-0.3, -0.25) is 5.84 Å². The summed E-state index contributed by atoms with van der Waals surface area (Å²) >= 11 is 12.1. The molecule has 0 aliphatic carbocycles. The second kappa shape index (κ2) is 5.37. The molecule has 0 amide bonds. The third kappa shape index (κ3) is 3.11. The number of hydrogen-bond acceptors (Lipinski definition) is 2. The van der Waals surface area contributed by atoms with Crippen LogP contribution in [0.4, 0.5) is 0 Å². The van der Waals surface area contributed by atoms with Crippen molar-refractivity contribution in [3.8, 4) is 0 Å². The standard InChI is InChI=1S/C12H16Cl2N2/c13-11-1-2-12(14)10(8-11)7-9-3-5-16(15)6-4-9/h1-2,8-9H,3-7,15H2. The van der Waals surface area contributed by atoms with Crippen LogP contribution < -0.4 is 5.84 Å². The van der Waals surface area contributed by atoms with Crippen LogP contribution in [0.15, 0.2) is 18.2 Å². The molecule has 1 saturated heterocycles. The topological polar surface area (TPSA) is 29.3 Å². The van der Waals surface area contributed by atoms with Crippen LogP contribution in [0.5, 0.6) is 0 Å². The average Bonchev–Trinajstić information content (AvgIpc) is 2.27. The molecule has 1 aliphatic rings. The Labute approximate surface area is 106 Å². The molecule has 88 valence electrons. The summed E-state index contributed by atoms with van der Waals surface area (Å²) in [6.45, 7) is 1.95. The summed E-state index contributed by atoms with van der Waals surface area (Å²) in [7, 11) is 0. The zero-order chi connectivity index (χ0) is 11.5. The summed E-state index contributed by atoms with van der Waals surface area (Å²) in [6, 6.07) is 5.67. The molecular weight excluding hydrogens is 243 g/mol. The monoisotopic (exact) mass is 258 g/mol. The lowest BCUT2D eigenvalue weighted by Gasteiger charge is -2.28. The van der Waals surface area contributed by atoms with E-state index in [1.165, 1.54) is 0 Å². The Balaban J connectivity index is 2.00. The van der Waals surface area contributed by atoms with Crippen LogP contribution in [0, 0.1) is 5.92 Å². The lowest BCUT2D eigenvalue weighted by molar-refractivity contribution is 0.187. The molecule has 0 radical (unpaired) electrons. The van der Waals surface area contributed by atoms with Gasteiger partial charge < -0.3 is 0 Å². The normalized spacial score (nSPS) is 18.9. The largest absolute Gasteiger partial charge is 0.269 e. The number of rotatable bonds is 2. The van der Waals surface area contributed by atoms with Crippen molar-refractivity contribution < 1.29 is 0 Å². The summed E-state index contributed by atoms with van der Waals surface area (Å²) in [4.78, 5) is 0. The van der Waals surface area contributed by atoms with E-state index in [9.17, 15) is 0 Å². The van der Waals surface area contributed by atoms with Gasteiger partial charge >= 0.3 is 0 Å². The van der Waals surface area contributed by atoms with E-state index in [0.29, 0.717) is 5.92 Å². The van der Waals surface area contributed by atoms with Gasteiger partial charge in [0.05, 0.1) is 0 Å². The van der Waals surface area contributed by atoms with Crippen LogP contribution in [0.25, 0.3) is 0 Å². The van der Waals surface area contributed by atoms with Crippen molar-refractivity contribution in [2.45, 2.75) is 19.3 Å². The van der Waals surface area contributed by atoms with Crippen molar-refractivity contribution >= 4 is 23.2 Å². The van der Waals surface area contributed by atoms with Gasteiger partial charge in [0, 0.05) is 23.1 Å². The summed E-state index contributed by atoms with van der Waals surface area (Å²) in [5.74, 6) is 6.41. The molecule has 0 spiro atoms. The minimum atomic E-state index is 0.677. The van der Waals surface area contributed by atoms with Crippen molar-refractivity contribution in [2.24, 2.45) is 11.8 Å². The van der Waals surface area contributed by atoms with E-state index in [2.05, 4.69) is 0 Å². The van der Waals surface area contributed by atoms with Gasteiger partial charge in [0.1, 0.15) is 0 Å². The first-order valence-corrected chi connectivity index (χ1v) is 6.34. The fraction of sp³-hybridized carbons (Fsp3) is 0.500. The predicted molar refractivity (Wildman–Crippen MR) is 68.7 cm³/mol. The quantitative estimate of drug-likeness (QED) is 0.827. The Morgan fingerprint density at radius 3 is 2.62 bits per heavy atom. The maximum absolute atomic E-state index is 6.15. The van der Waals surface area contributed by atoms with E-state index in [1.807, 2.05) is 23.2 Å². The smallest absolute Gasteiger partial charge is 0.0439 e. The Bertz CT molecular complexity index is 360. The van der Waals surface area contributed by atoms with Crippen LogP contribution in [-0.4, -0.2) is 18.1 Å². The Morgan fingerprint density at radius 1 is 1.25 bits per heavy atom. The van der Waals surface area contributed by atoms with Gasteiger partial charge in [0.15, 0.2) is 0 Å². The zero-order valence-electron chi connectivity index (χ0n) is 9.13. The number of halogens is 2. The Kier molecular flexibility index (Phi) is 4.09. The lowest BCUT2D eigenvalue weighted by atomic mass is 9.91. The molecule has 0 bridgehead atoms. The Morgan fingerprint density at radius 2 is 1.94 bits per heavy atom. The van der Waals surface area contributed by atoms with Gasteiger partial charge in [-0.05, 0) is 48.9 Å². The van der Waals surface area contributed by atoms with Crippen LogP contribution in [0.1, 0.15) is 18.4 Å². The molecule has 1 fully saturated rings. The zero-order valence-corrected chi connectivity index (χ0v) is 10.6. The minimum absolute atomic E-state index is 0.677. The van der Waals surface area contributed by atoms with Crippen LogP contribution >= 0.6 is 23.2 Å². The molecule has 4 heteroatoms. The number of benzene rings is 1. The van der Waals surface area contributed by atoms with Gasteiger partial charge in [0.25, 0.3) is 0 Å². The summed E-state index contributed by atoms with van der Waals surface area (Å²) in [6.07, 6.45) is 3.28. The second-order valence-corrected chi connectivity index (χ2v) is 5.26. The predicted octanol–water partition coefficient (Wildman–Crippen LogP) is 3.12. The van der Waals surface area contributed by atoms with Crippen molar-refractivity contribution in [2.75, 3.05) is 13.1 Å². The first-order valence-electron chi connectivity index (χ1n) is 5.58. The van der Waals surface area contributed by atoms with Crippen molar-refractivity contribution in [1.29, 1.82) is 0 Å². The number of nitrogens with zero attached hydrogens (tertiary/aromatic N) is 1. The molecule has 1 aromatic rings. The van der Waals surface area contributed by atoms with Crippen molar-refractivity contribution in [3.05, 3.63) is 33.8 Å². The van der Waals surface area contributed by atoms with E-state index in [1.54, 1.807) is 0 Å². The highest BCUT2D eigenvalue weighted by Crippen LogP contribution is 2.26. The highest BCUT2D eigenvalue weighted by atomic mass is 35.5. The molecule has 0 unspecified atom stereocenters. The first-order chi connectivity index (χ1) is 7.65. The number of piperidine rings is 1. The molecule has 1 heterocycles. The molecule has 0 atom stereocenters. The van der Waals surface area contributed by atoms with Gasteiger partial charge in [0.2, 0.25) is 0 Å². The van der Waals surface area contributed by atoms with E-state index in [-0.39, 0.29) is 0 Å². The van der Waals surface area contributed by atoms with E-state index in [0.717, 1.165) is 48.0 Å². The summed E-state index contributed by atoms with van der Waals surface area (Å²) < 4.78 is 0. The van der Waals surface area contributed by atoms with Crippen molar-refractivity contribution in [1.82, 2.24) is 5.01 Å². The number of hydrazine groups is 1. The second-order valence-electron chi connectivity index (χ2n) is 4.42. The fourth-order valence-corrected chi connectivity index (χ4v) is 2.56. The SMILES string of the molecule is NN1CCC(Cc2cc(Cl)ccc2Cl)CC1. The first kappa shape index (κ1) is 12.2. The van der Waals surface area contributed by atoms with Gasteiger partial charge in [-0.2, -0.15) is 0 Å². The molecule has 1 aromatic carbocycles. The van der Waals surface area contributed by atoms with Crippen LogP contribution in [0.2, 0.25) is 10.0 Å². The summed E-state index contributed by atoms with van der Waals surface area (Å²) in [5.41, 5.74) is 1.16. The molecule has 2 N–H and O–H groups in total. The highest BCUT2D eigenvalue weighted by Gasteiger charge is 2.18. The van der Waals surface area contributed by atoms with Crippen molar-refractivity contribution in [3.63, 3.8) is 0 Å². The van der Waals surface area contributed by atoms with Crippen LogP contribution in [0.3, 0.4) is 0 Å². The third-order valence-electron chi connectivity index (χ3n) is 3.17. The average molecular weight is 259 g/mol. The minimum Gasteiger partial charge on any atom is -0.269 e.